The number of hydrogen-bond acceptors (Lipinski definition) is 2. The topological polar surface area (TPSA) is 49.4 Å². The van der Waals surface area contributed by atoms with Crippen LogP contribution in [0.15, 0.2) is 24.3 Å². The lowest BCUT2D eigenvalue weighted by molar-refractivity contribution is -0.133. The van der Waals surface area contributed by atoms with Crippen LogP contribution in [0.1, 0.15) is 18.4 Å². The maximum atomic E-state index is 12.1. The van der Waals surface area contributed by atoms with Gasteiger partial charge in [0, 0.05) is 25.0 Å². The molecule has 1 aromatic carbocycles. The fourth-order valence-corrected chi connectivity index (χ4v) is 2.27. The second-order valence-corrected chi connectivity index (χ2v) is 4.92. The van der Waals surface area contributed by atoms with Gasteiger partial charge < -0.3 is 10.2 Å². The molecule has 0 saturated carbocycles. The summed E-state index contributed by atoms with van der Waals surface area (Å²) in [5.41, 5.74) is 0.975. The van der Waals surface area contributed by atoms with Gasteiger partial charge in [-0.1, -0.05) is 23.7 Å². The molecule has 1 fully saturated rings. The van der Waals surface area contributed by atoms with Crippen molar-refractivity contribution >= 4 is 23.4 Å². The van der Waals surface area contributed by atoms with Gasteiger partial charge in [0.15, 0.2) is 0 Å². The van der Waals surface area contributed by atoms with Crippen LogP contribution in [0.4, 0.5) is 0 Å². The van der Waals surface area contributed by atoms with Crippen LogP contribution in [0.5, 0.6) is 0 Å². The first-order valence-corrected chi connectivity index (χ1v) is 6.23. The molecule has 0 bridgehead atoms. The van der Waals surface area contributed by atoms with Crippen LogP contribution < -0.4 is 5.32 Å². The molecule has 2 rings (SSSR count). The molecule has 4 nitrogen and oxygen atoms in total. The SMILES string of the molecule is CN(Cc1cccc(Cl)c1)C(=O)[C@H]1CCC(=O)N1. The second-order valence-electron chi connectivity index (χ2n) is 4.48. The van der Waals surface area contributed by atoms with Crippen molar-refractivity contribution in [3.8, 4) is 0 Å². The lowest BCUT2D eigenvalue weighted by Gasteiger charge is -2.21. The number of likely N-dealkylation sites (N-methyl/N-ethyl adjacent to an activating group) is 1. The number of nitrogens with zero attached hydrogens (tertiary/aromatic N) is 1. The van der Waals surface area contributed by atoms with Crippen molar-refractivity contribution in [2.24, 2.45) is 0 Å². The molecule has 1 aromatic rings. The summed E-state index contributed by atoms with van der Waals surface area (Å²) in [6.45, 7) is 0.492. The third-order valence-electron chi connectivity index (χ3n) is 2.98. The summed E-state index contributed by atoms with van der Waals surface area (Å²) in [5, 5.41) is 3.33. The van der Waals surface area contributed by atoms with Gasteiger partial charge in [-0.25, -0.2) is 0 Å². The lowest BCUT2D eigenvalue weighted by atomic mass is 10.1. The van der Waals surface area contributed by atoms with Gasteiger partial charge in [-0.2, -0.15) is 0 Å². The van der Waals surface area contributed by atoms with E-state index in [-0.39, 0.29) is 17.9 Å². The Bertz CT molecular complexity index is 476. The number of carbonyl (C=O) groups is 2. The van der Waals surface area contributed by atoms with E-state index in [1.807, 2.05) is 18.2 Å². The molecule has 2 amide bonds. The summed E-state index contributed by atoms with van der Waals surface area (Å²) in [5.74, 6) is -0.106. The van der Waals surface area contributed by atoms with E-state index in [4.69, 9.17) is 11.6 Å². The Hall–Kier alpha value is -1.55. The summed E-state index contributed by atoms with van der Waals surface area (Å²) in [4.78, 5) is 24.8. The largest absolute Gasteiger partial charge is 0.344 e. The van der Waals surface area contributed by atoms with E-state index in [1.165, 1.54) is 0 Å². The normalized spacial score (nSPS) is 18.6. The lowest BCUT2D eigenvalue weighted by Crippen LogP contribution is -2.42. The zero-order valence-corrected chi connectivity index (χ0v) is 10.9. The molecule has 96 valence electrons. The number of hydrogen-bond donors (Lipinski definition) is 1. The summed E-state index contributed by atoms with van der Waals surface area (Å²) in [6.07, 6.45) is 1.01. The van der Waals surface area contributed by atoms with Crippen molar-refractivity contribution in [3.63, 3.8) is 0 Å². The van der Waals surface area contributed by atoms with Crippen LogP contribution >= 0.6 is 11.6 Å². The molecule has 1 saturated heterocycles. The molecule has 1 N–H and O–H groups in total. The van der Waals surface area contributed by atoms with Crippen molar-refractivity contribution in [3.05, 3.63) is 34.9 Å². The summed E-state index contributed by atoms with van der Waals surface area (Å²) in [7, 11) is 1.73. The highest BCUT2D eigenvalue weighted by molar-refractivity contribution is 6.30. The fourth-order valence-electron chi connectivity index (χ4n) is 2.05. The van der Waals surface area contributed by atoms with Gasteiger partial charge in [0.05, 0.1) is 0 Å². The zero-order valence-electron chi connectivity index (χ0n) is 10.1. The predicted octanol–water partition coefficient (Wildman–Crippen LogP) is 1.58. The van der Waals surface area contributed by atoms with E-state index in [1.54, 1.807) is 18.0 Å². The van der Waals surface area contributed by atoms with Crippen molar-refractivity contribution in [2.75, 3.05) is 7.05 Å². The molecule has 1 aliphatic rings. The molecule has 1 aliphatic heterocycles. The minimum atomic E-state index is -0.373. The Balaban J connectivity index is 1.97. The minimum absolute atomic E-state index is 0.0514. The first-order chi connectivity index (χ1) is 8.56. The van der Waals surface area contributed by atoms with E-state index in [2.05, 4.69) is 5.32 Å². The summed E-state index contributed by atoms with van der Waals surface area (Å²) >= 11 is 5.89. The molecular weight excluding hydrogens is 252 g/mol. The molecule has 0 aromatic heterocycles. The van der Waals surface area contributed by atoms with E-state index in [0.717, 1.165) is 5.56 Å². The van der Waals surface area contributed by atoms with Crippen LogP contribution in [-0.4, -0.2) is 29.8 Å². The van der Waals surface area contributed by atoms with Gasteiger partial charge in [0.2, 0.25) is 11.8 Å². The molecule has 0 spiro atoms. The van der Waals surface area contributed by atoms with E-state index >= 15 is 0 Å². The second kappa shape index (κ2) is 5.40. The average molecular weight is 267 g/mol. The van der Waals surface area contributed by atoms with Crippen molar-refractivity contribution in [2.45, 2.75) is 25.4 Å². The highest BCUT2D eigenvalue weighted by Crippen LogP contribution is 2.14. The molecule has 0 unspecified atom stereocenters. The van der Waals surface area contributed by atoms with Gasteiger partial charge in [0.1, 0.15) is 6.04 Å². The van der Waals surface area contributed by atoms with Gasteiger partial charge in [-0.05, 0) is 24.1 Å². The van der Waals surface area contributed by atoms with Crippen LogP contribution in [0.25, 0.3) is 0 Å². The summed E-state index contributed by atoms with van der Waals surface area (Å²) in [6, 6.07) is 7.03. The van der Waals surface area contributed by atoms with E-state index < -0.39 is 0 Å². The van der Waals surface area contributed by atoms with Gasteiger partial charge in [-0.15, -0.1) is 0 Å². The highest BCUT2D eigenvalue weighted by atomic mass is 35.5. The van der Waals surface area contributed by atoms with Gasteiger partial charge >= 0.3 is 0 Å². The zero-order chi connectivity index (χ0) is 13.1. The van der Waals surface area contributed by atoms with Crippen molar-refractivity contribution < 1.29 is 9.59 Å². The van der Waals surface area contributed by atoms with Gasteiger partial charge in [0.25, 0.3) is 0 Å². The molecule has 1 atom stereocenters. The third-order valence-corrected chi connectivity index (χ3v) is 3.21. The summed E-state index contributed by atoms with van der Waals surface area (Å²) < 4.78 is 0. The first-order valence-electron chi connectivity index (χ1n) is 5.85. The quantitative estimate of drug-likeness (QED) is 0.903. The van der Waals surface area contributed by atoms with Crippen molar-refractivity contribution in [1.29, 1.82) is 0 Å². The molecule has 18 heavy (non-hydrogen) atoms. The maximum Gasteiger partial charge on any atom is 0.245 e. The van der Waals surface area contributed by atoms with Gasteiger partial charge in [-0.3, -0.25) is 9.59 Å². The predicted molar refractivity (Wildman–Crippen MR) is 69.1 cm³/mol. The van der Waals surface area contributed by atoms with Crippen LogP contribution in [0, 0.1) is 0 Å². The Labute approximate surface area is 111 Å². The van der Waals surface area contributed by atoms with E-state index in [9.17, 15) is 9.59 Å². The maximum absolute atomic E-state index is 12.1. The number of halogens is 1. The van der Waals surface area contributed by atoms with Crippen molar-refractivity contribution in [1.82, 2.24) is 10.2 Å². The first kappa shape index (κ1) is 12.9. The fraction of sp³-hybridized carbons (Fsp3) is 0.385. The third kappa shape index (κ3) is 3.01. The number of nitrogens with one attached hydrogen (secondary N) is 1. The molecule has 0 radical (unpaired) electrons. The number of amides is 2. The van der Waals surface area contributed by atoms with Crippen LogP contribution in [-0.2, 0) is 16.1 Å². The average Bonchev–Trinajstić information content (AvgIpc) is 2.75. The van der Waals surface area contributed by atoms with E-state index in [0.29, 0.717) is 24.4 Å². The minimum Gasteiger partial charge on any atom is -0.344 e. The van der Waals surface area contributed by atoms with Crippen LogP contribution in [0.3, 0.4) is 0 Å². The Morgan fingerprint density at radius 3 is 2.94 bits per heavy atom. The molecule has 0 aliphatic carbocycles. The Morgan fingerprint density at radius 1 is 1.56 bits per heavy atom. The molecule has 1 heterocycles. The Kier molecular flexibility index (Phi) is 3.87. The smallest absolute Gasteiger partial charge is 0.245 e. The number of benzene rings is 1. The van der Waals surface area contributed by atoms with Crippen LogP contribution in [0.2, 0.25) is 5.02 Å². The monoisotopic (exact) mass is 266 g/mol. The molecular formula is C13H15ClN2O2. The Morgan fingerprint density at radius 2 is 2.33 bits per heavy atom. The number of rotatable bonds is 3. The standard InChI is InChI=1S/C13H15ClN2O2/c1-16(8-9-3-2-4-10(14)7-9)13(18)11-5-6-12(17)15-11/h2-4,7,11H,5-6,8H2,1H3,(H,15,17)/t11-/m1/s1. The highest BCUT2D eigenvalue weighted by Gasteiger charge is 2.29. The molecule has 5 heteroatoms. The number of carbonyl (C=O) groups excluding carboxylic acids is 2.